The number of hydrogen-bond acceptors (Lipinski definition) is 6. The summed E-state index contributed by atoms with van der Waals surface area (Å²) in [5.41, 5.74) is 2.48. The van der Waals surface area contributed by atoms with Crippen LogP contribution in [0.5, 0.6) is 0 Å². The van der Waals surface area contributed by atoms with E-state index in [9.17, 15) is 9.59 Å². The van der Waals surface area contributed by atoms with Crippen LogP contribution in [0.25, 0.3) is 0 Å². The summed E-state index contributed by atoms with van der Waals surface area (Å²) in [6.45, 7) is 0.923. The van der Waals surface area contributed by atoms with Gasteiger partial charge < -0.3 is 9.64 Å². The van der Waals surface area contributed by atoms with Gasteiger partial charge in [-0.1, -0.05) is 48.8 Å². The first-order valence-electron chi connectivity index (χ1n) is 9.64. The first-order valence-corrected chi connectivity index (χ1v) is 10.5. The predicted octanol–water partition coefficient (Wildman–Crippen LogP) is 3.07. The molecule has 1 spiro atoms. The van der Waals surface area contributed by atoms with E-state index in [0.29, 0.717) is 23.8 Å². The Labute approximate surface area is 168 Å². The molecule has 8 heteroatoms. The quantitative estimate of drug-likeness (QED) is 0.834. The van der Waals surface area contributed by atoms with Gasteiger partial charge in [0.2, 0.25) is 11.0 Å². The number of anilines is 1. The first kappa shape index (κ1) is 19.0. The van der Waals surface area contributed by atoms with Crippen LogP contribution in [0.15, 0.2) is 29.8 Å². The number of nitrogens with zero attached hydrogens (tertiary/aromatic N) is 3. The second-order valence-corrected chi connectivity index (χ2v) is 8.20. The van der Waals surface area contributed by atoms with Crippen LogP contribution in [-0.2, 0) is 9.53 Å². The van der Waals surface area contributed by atoms with Crippen molar-refractivity contribution in [3.8, 4) is 0 Å². The Morgan fingerprint density at radius 1 is 1.32 bits per heavy atom. The molecule has 1 aromatic carbocycles. The number of carbonyl (C=O) groups is 2. The van der Waals surface area contributed by atoms with E-state index in [2.05, 4.69) is 15.5 Å². The molecule has 1 saturated carbocycles. The van der Waals surface area contributed by atoms with E-state index in [1.54, 1.807) is 12.6 Å². The first-order chi connectivity index (χ1) is 13.7. The van der Waals surface area contributed by atoms with Gasteiger partial charge in [0.25, 0.3) is 5.91 Å². The molecule has 2 heterocycles. The standard InChI is InChI=1S/C20H24N4O3S/c1-27-12-11-24-18(26)15-8-4-3-7-14(15)16(20(24)9-5-2-6-10-20)17(25)22-19-23-21-13-28-19/h3-4,7-8,13,16H,2,5-6,9-12H2,1H3,(H,22,23,25)/t16-/m1/s1. The Morgan fingerprint density at radius 3 is 2.82 bits per heavy atom. The van der Waals surface area contributed by atoms with Crippen molar-refractivity contribution in [2.24, 2.45) is 0 Å². The number of rotatable bonds is 5. The van der Waals surface area contributed by atoms with Gasteiger partial charge in [-0.15, -0.1) is 10.2 Å². The van der Waals surface area contributed by atoms with E-state index in [4.69, 9.17) is 4.74 Å². The Kier molecular flexibility index (Phi) is 5.41. The number of ether oxygens (including phenoxy) is 1. The molecule has 4 rings (SSSR count). The van der Waals surface area contributed by atoms with Gasteiger partial charge in [0.05, 0.1) is 18.1 Å². The lowest BCUT2D eigenvalue weighted by atomic mass is 9.65. The van der Waals surface area contributed by atoms with Gasteiger partial charge in [-0.2, -0.15) is 0 Å². The Balaban J connectivity index is 1.81. The zero-order chi connectivity index (χ0) is 19.6. The minimum Gasteiger partial charge on any atom is -0.383 e. The van der Waals surface area contributed by atoms with Crippen LogP contribution in [0.4, 0.5) is 5.13 Å². The van der Waals surface area contributed by atoms with Crippen molar-refractivity contribution < 1.29 is 14.3 Å². The number of fused-ring (bicyclic) bond motifs is 1. The monoisotopic (exact) mass is 400 g/mol. The van der Waals surface area contributed by atoms with Crippen molar-refractivity contribution in [3.63, 3.8) is 0 Å². The molecule has 148 valence electrons. The third kappa shape index (κ3) is 3.20. The van der Waals surface area contributed by atoms with Crippen molar-refractivity contribution >= 4 is 28.3 Å². The lowest BCUT2D eigenvalue weighted by Crippen LogP contribution is -2.62. The van der Waals surface area contributed by atoms with Crippen molar-refractivity contribution in [1.29, 1.82) is 0 Å². The fourth-order valence-electron chi connectivity index (χ4n) is 4.76. The van der Waals surface area contributed by atoms with Crippen molar-refractivity contribution in [3.05, 3.63) is 40.9 Å². The molecule has 1 aromatic heterocycles. The lowest BCUT2D eigenvalue weighted by molar-refractivity contribution is -0.122. The lowest BCUT2D eigenvalue weighted by Gasteiger charge is -2.53. The SMILES string of the molecule is COCCN1C(=O)c2ccccc2[C@H](C(=O)Nc2nncs2)C12CCCCC2. The Bertz CT molecular complexity index is 849. The Morgan fingerprint density at radius 2 is 2.11 bits per heavy atom. The molecule has 1 atom stereocenters. The summed E-state index contributed by atoms with van der Waals surface area (Å²) in [6, 6.07) is 7.49. The zero-order valence-electron chi connectivity index (χ0n) is 15.9. The number of aromatic nitrogens is 2. The van der Waals surface area contributed by atoms with Crippen LogP contribution in [0.1, 0.15) is 53.9 Å². The summed E-state index contributed by atoms with van der Waals surface area (Å²) in [5, 5.41) is 11.2. The number of carbonyl (C=O) groups excluding carboxylic acids is 2. The third-order valence-electron chi connectivity index (χ3n) is 5.91. The summed E-state index contributed by atoms with van der Waals surface area (Å²) < 4.78 is 5.28. The van der Waals surface area contributed by atoms with E-state index in [-0.39, 0.29) is 11.8 Å². The van der Waals surface area contributed by atoms with Gasteiger partial charge in [0.15, 0.2) is 0 Å². The molecule has 2 amide bonds. The molecule has 1 fully saturated rings. The number of amides is 2. The predicted molar refractivity (Wildman–Crippen MR) is 106 cm³/mol. The highest BCUT2D eigenvalue weighted by molar-refractivity contribution is 7.13. The van der Waals surface area contributed by atoms with E-state index >= 15 is 0 Å². The van der Waals surface area contributed by atoms with Gasteiger partial charge in [0.1, 0.15) is 5.51 Å². The fourth-order valence-corrected chi connectivity index (χ4v) is 5.20. The van der Waals surface area contributed by atoms with E-state index in [1.807, 2.05) is 29.2 Å². The zero-order valence-corrected chi connectivity index (χ0v) is 16.7. The summed E-state index contributed by atoms with van der Waals surface area (Å²) in [6.07, 6.45) is 4.75. The van der Waals surface area contributed by atoms with Gasteiger partial charge in [-0.3, -0.25) is 14.9 Å². The fraction of sp³-hybridized carbons (Fsp3) is 0.500. The molecule has 0 unspecified atom stereocenters. The second kappa shape index (κ2) is 7.97. The van der Waals surface area contributed by atoms with Crippen molar-refractivity contribution in [2.75, 3.05) is 25.6 Å². The molecule has 0 radical (unpaired) electrons. The van der Waals surface area contributed by atoms with Crippen LogP contribution < -0.4 is 5.32 Å². The molecule has 7 nitrogen and oxygen atoms in total. The number of methoxy groups -OCH3 is 1. The van der Waals surface area contributed by atoms with Crippen LogP contribution in [0.2, 0.25) is 0 Å². The largest absolute Gasteiger partial charge is 0.383 e. The van der Waals surface area contributed by atoms with E-state index in [1.165, 1.54) is 11.3 Å². The minimum absolute atomic E-state index is 0.00508. The second-order valence-electron chi connectivity index (χ2n) is 7.37. The van der Waals surface area contributed by atoms with Gasteiger partial charge in [-0.25, -0.2) is 0 Å². The smallest absolute Gasteiger partial charge is 0.254 e. The van der Waals surface area contributed by atoms with Gasteiger partial charge in [0, 0.05) is 19.2 Å². The maximum atomic E-state index is 13.5. The van der Waals surface area contributed by atoms with E-state index < -0.39 is 11.5 Å². The molecular weight excluding hydrogens is 376 g/mol. The normalized spacial score (nSPS) is 20.8. The molecule has 1 N–H and O–H groups in total. The summed E-state index contributed by atoms with van der Waals surface area (Å²) in [7, 11) is 1.63. The van der Waals surface area contributed by atoms with Gasteiger partial charge >= 0.3 is 0 Å². The van der Waals surface area contributed by atoms with Crippen LogP contribution in [0.3, 0.4) is 0 Å². The molecule has 0 saturated heterocycles. The third-order valence-corrected chi connectivity index (χ3v) is 6.52. The molecule has 2 aliphatic rings. The molecule has 1 aliphatic carbocycles. The number of benzene rings is 1. The number of hydrogen-bond donors (Lipinski definition) is 1. The van der Waals surface area contributed by atoms with Crippen molar-refractivity contribution in [1.82, 2.24) is 15.1 Å². The van der Waals surface area contributed by atoms with Gasteiger partial charge in [-0.05, 0) is 24.5 Å². The minimum atomic E-state index is -0.531. The molecule has 28 heavy (non-hydrogen) atoms. The summed E-state index contributed by atoms with van der Waals surface area (Å²) in [4.78, 5) is 28.8. The van der Waals surface area contributed by atoms with Crippen LogP contribution in [-0.4, -0.2) is 52.7 Å². The highest BCUT2D eigenvalue weighted by Crippen LogP contribution is 2.49. The molecule has 2 aromatic rings. The summed E-state index contributed by atoms with van der Waals surface area (Å²) >= 11 is 1.29. The maximum absolute atomic E-state index is 13.5. The molecule has 1 aliphatic heterocycles. The summed E-state index contributed by atoms with van der Waals surface area (Å²) in [5.74, 6) is -0.571. The van der Waals surface area contributed by atoms with Crippen LogP contribution in [0, 0.1) is 0 Å². The average Bonchev–Trinajstić information content (AvgIpc) is 3.22. The highest BCUT2D eigenvalue weighted by atomic mass is 32.1. The molecular formula is C20H24N4O3S. The van der Waals surface area contributed by atoms with Crippen LogP contribution >= 0.6 is 11.3 Å². The number of nitrogens with one attached hydrogen (secondary N) is 1. The topological polar surface area (TPSA) is 84.4 Å². The average molecular weight is 401 g/mol. The van der Waals surface area contributed by atoms with Crippen molar-refractivity contribution in [2.45, 2.75) is 43.6 Å². The maximum Gasteiger partial charge on any atom is 0.254 e. The molecule has 0 bridgehead atoms. The highest BCUT2D eigenvalue weighted by Gasteiger charge is 2.54. The Hall–Kier alpha value is -2.32. The van der Waals surface area contributed by atoms with E-state index in [0.717, 1.165) is 37.7 Å².